The van der Waals surface area contributed by atoms with Crippen LogP contribution in [0.5, 0.6) is 0 Å². The second kappa shape index (κ2) is 6.25. The average Bonchev–Trinajstić information content (AvgIpc) is 2.58. The number of para-hydroxylation sites is 1. The van der Waals surface area contributed by atoms with Gasteiger partial charge in [-0.2, -0.15) is 0 Å². The van der Waals surface area contributed by atoms with Crippen LogP contribution < -0.4 is 5.48 Å². The van der Waals surface area contributed by atoms with Gasteiger partial charge in [0.05, 0.1) is 5.69 Å². The van der Waals surface area contributed by atoms with Crippen molar-refractivity contribution in [2.45, 2.75) is 5.92 Å². The fraction of sp³-hybridized carbons (Fsp3) is 0.0526. The summed E-state index contributed by atoms with van der Waals surface area (Å²) >= 11 is 0. The molecule has 0 aliphatic rings. The largest absolute Gasteiger partial charge is 0.291 e. The van der Waals surface area contributed by atoms with E-state index in [0.29, 0.717) is 0 Å². The highest BCUT2D eigenvalue weighted by Gasteiger charge is 2.18. The van der Waals surface area contributed by atoms with E-state index in [2.05, 4.69) is 29.7 Å². The summed E-state index contributed by atoms with van der Waals surface area (Å²) in [7, 11) is 0. The van der Waals surface area contributed by atoms with E-state index in [4.69, 9.17) is 0 Å². The topological polar surface area (TPSA) is 32.3 Å². The summed E-state index contributed by atoms with van der Waals surface area (Å²) < 4.78 is 0. The highest BCUT2D eigenvalue weighted by Crippen LogP contribution is 2.35. The van der Waals surface area contributed by atoms with Crippen LogP contribution >= 0.6 is 0 Å². The molecule has 2 heteroatoms. The molecule has 0 spiro atoms. The van der Waals surface area contributed by atoms with E-state index in [1.807, 2.05) is 60.7 Å². The Morgan fingerprint density at radius 1 is 0.619 bits per heavy atom. The minimum Gasteiger partial charge on any atom is -0.291 e. The molecule has 3 rings (SSSR count). The normalized spacial score (nSPS) is 10.6. The summed E-state index contributed by atoms with van der Waals surface area (Å²) in [5.41, 5.74) is 6.50. The lowest BCUT2D eigenvalue weighted by Crippen LogP contribution is -2.06. The van der Waals surface area contributed by atoms with Gasteiger partial charge in [0, 0.05) is 5.92 Å². The lowest BCUT2D eigenvalue weighted by Gasteiger charge is -2.21. The van der Waals surface area contributed by atoms with Gasteiger partial charge in [0.1, 0.15) is 0 Å². The van der Waals surface area contributed by atoms with Gasteiger partial charge in [-0.15, -0.1) is 0 Å². The molecular formula is C19H17NO. The van der Waals surface area contributed by atoms with Crippen molar-refractivity contribution in [1.29, 1.82) is 0 Å². The molecule has 0 aliphatic carbocycles. The van der Waals surface area contributed by atoms with Crippen LogP contribution in [0.4, 0.5) is 5.69 Å². The lowest BCUT2D eigenvalue weighted by molar-refractivity contribution is 0.388. The van der Waals surface area contributed by atoms with Crippen LogP contribution in [-0.4, -0.2) is 5.21 Å². The van der Waals surface area contributed by atoms with Crippen molar-refractivity contribution < 1.29 is 5.21 Å². The van der Waals surface area contributed by atoms with Crippen LogP contribution in [0.25, 0.3) is 0 Å². The maximum atomic E-state index is 9.41. The second-order valence-electron chi connectivity index (χ2n) is 4.95. The maximum absolute atomic E-state index is 9.41. The Balaban J connectivity index is 2.17. The average molecular weight is 275 g/mol. The molecule has 0 bridgehead atoms. The summed E-state index contributed by atoms with van der Waals surface area (Å²) in [6.07, 6.45) is 0. The SMILES string of the molecule is ONc1ccccc1C(c1ccccc1)c1ccccc1. The number of benzene rings is 3. The smallest absolute Gasteiger partial charge is 0.0643 e. The molecule has 0 heterocycles. The zero-order valence-electron chi connectivity index (χ0n) is 11.6. The summed E-state index contributed by atoms with van der Waals surface area (Å²) in [6.45, 7) is 0. The third-order valence-corrected chi connectivity index (χ3v) is 3.66. The molecule has 104 valence electrons. The number of rotatable bonds is 4. The van der Waals surface area contributed by atoms with Crippen LogP contribution in [0, 0.1) is 0 Å². The molecule has 0 unspecified atom stereocenters. The molecule has 0 aliphatic heterocycles. The van der Waals surface area contributed by atoms with Crippen LogP contribution in [0.2, 0.25) is 0 Å². The summed E-state index contributed by atoms with van der Waals surface area (Å²) in [5.74, 6) is 0.0863. The Kier molecular flexibility index (Phi) is 3.99. The quantitative estimate of drug-likeness (QED) is 0.536. The van der Waals surface area contributed by atoms with E-state index >= 15 is 0 Å². The highest BCUT2D eigenvalue weighted by atomic mass is 16.5. The maximum Gasteiger partial charge on any atom is 0.0643 e. The Bertz CT molecular complexity index is 656. The molecule has 2 N–H and O–H groups in total. The first-order valence-electron chi connectivity index (χ1n) is 6.99. The predicted molar refractivity (Wildman–Crippen MR) is 85.7 cm³/mol. The Morgan fingerprint density at radius 3 is 1.62 bits per heavy atom. The molecule has 0 aromatic heterocycles. The van der Waals surface area contributed by atoms with E-state index in [1.54, 1.807) is 0 Å². The van der Waals surface area contributed by atoms with Gasteiger partial charge in [-0.3, -0.25) is 10.7 Å². The molecule has 0 saturated heterocycles. The van der Waals surface area contributed by atoms with Crippen LogP contribution in [0.3, 0.4) is 0 Å². The van der Waals surface area contributed by atoms with Gasteiger partial charge in [0.15, 0.2) is 0 Å². The number of hydrogen-bond acceptors (Lipinski definition) is 2. The highest BCUT2D eigenvalue weighted by molar-refractivity contribution is 5.57. The number of hydrogen-bond donors (Lipinski definition) is 2. The zero-order chi connectivity index (χ0) is 14.5. The van der Waals surface area contributed by atoms with E-state index in [0.717, 1.165) is 11.3 Å². The monoisotopic (exact) mass is 275 g/mol. The number of nitrogens with one attached hydrogen (secondary N) is 1. The lowest BCUT2D eigenvalue weighted by atomic mass is 9.84. The van der Waals surface area contributed by atoms with Crippen molar-refractivity contribution in [2.24, 2.45) is 0 Å². The molecule has 3 aromatic carbocycles. The van der Waals surface area contributed by atoms with Gasteiger partial charge >= 0.3 is 0 Å². The minimum absolute atomic E-state index is 0.0863. The molecule has 3 aromatic rings. The van der Waals surface area contributed by atoms with Crippen molar-refractivity contribution in [2.75, 3.05) is 5.48 Å². The van der Waals surface area contributed by atoms with E-state index in [1.165, 1.54) is 11.1 Å². The summed E-state index contributed by atoms with van der Waals surface area (Å²) in [6, 6.07) is 28.5. The molecule has 0 amide bonds. The van der Waals surface area contributed by atoms with Crippen LogP contribution in [-0.2, 0) is 0 Å². The van der Waals surface area contributed by atoms with Gasteiger partial charge in [-0.25, -0.2) is 0 Å². The van der Waals surface area contributed by atoms with Crippen molar-refractivity contribution in [1.82, 2.24) is 0 Å². The van der Waals surface area contributed by atoms with Gasteiger partial charge in [-0.1, -0.05) is 78.9 Å². The first-order valence-corrected chi connectivity index (χ1v) is 6.99. The van der Waals surface area contributed by atoms with Crippen molar-refractivity contribution in [3.05, 3.63) is 102 Å². The summed E-state index contributed by atoms with van der Waals surface area (Å²) in [4.78, 5) is 0. The summed E-state index contributed by atoms with van der Waals surface area (Å²) in [5, 5.41) is 9.41. The predicted octanol–water partition coefficient (Wildman–Crippen LogP) is 4.67. The zero-order valence-corrected chi connectivity index (χ0v) is 11.6. The molecule has 0 fully saturated rings. The second-order valence-corrected chi connectivity index (χ2v) is 4.95. The van der Waals surface area contributed by atoms with Crippen LogP contribution in [0.15, 0.2) is 84.9 Å². The standard InChI is InChI=1S/C19H17NO/c21-20-18-14-8-7-13-17(18)19(15-9-3-1-4-10-15)16-11-5-2-6-12-16/h1-14,19-21H. The third kappa shape index (κ3) is 2.81. The van der Waals surface area contributed by atoms with Crippen molar-refractivity contribution in [3.63, 3.8) is 0 Å². The van der Waals surface area contributed by atoms with Gasteiger partial charge in [-0.05, 0) is 22.8 Å². The fourth-order valence-corrected chi connectivity index (χ4v) is 2.69. The van der Waals surface area contributed by atoms with E-state index in [9.17, 15) is 5.21 Å². The fourth-order valence-electron chi connectivity index (χ4n) is 2.69. The van der Waals surface area contributed by atoms with Crippen LogP contribution in [0.1, 0.15) is 22.6 Å². The van der Waals surface area contributed by atoms with E-state index < -0.39 is 0 Å². The molecular weight excluding hydrogens is 258 g/mol. The third-order valence-electron chi connectivity index (χ3n) is 3.66. The Hall–Kier alpha value is -2.58. The van der Waals surface area contributed by atoms with Crippen molar-refractivity contribution in [3.8, 4) is 0 Å². The first kappa shape index (κ1) is 13.4. The van der Waals surface area contributed by atoms with Gasteiger partial charge in [0.2, 0.25) is 0 Å². The molecule has 21 heavy (non-hydrogen) atoms. The van der Waals surface area contributed by atoms with Crippen molar-refractivity contribution >= 4 is 5.69 Å². The van der Waals surface area contributed by atoms with E-state index in [-0.39, 0.29) is 5.92 Å². The molecule has 0 saturated carbocycles. The van der Waals surface area contributed by atoms with Gasteiger partial charge < -0.3 is 0 Å². The minimum atomic E-state index is 0.0863. The van der Waals surface area contributed by atoms with Gasteiger partial charge in [0.25, 0.3) is 0 Å². The first-order chi connectivity index (χ1) is 10.4. The Morgan fingerprint density at radius 2 is 1.10 bits per heavy atom. The number of anilines is 1. The molecule has 2 nitrogen and oxygen atoms in total. The molecule has 0 radical (unpaired) electrons. The Labute approximate surface area is 124 Å². The molecule has 0 atom stereocenters.